The molecule has 0 bridgehead atoms. The Morgan fingerprint density at radius 3 is 2.50 bits per heavy atom. The highest BCUT2D eigenvalue weighted by Gasteiger charge is 2.39. The number of carboxylic acid groups (broad SMARTS) is 1. The van der Waals surface area contributed by atoms with Crippen molar-refractivity contribution in [1.29, 1.82) is 0 Å². The quantitative estimate of drug-likeness (QED) is 0.471. The van der Waals surface area contributed by atoms with Gasteiger partial charge in [0.1, 0.15) is 11.5 Å². The molecule has 0 spiro atoms. The van der Waals surface area contributed by atoms with E-state index < -0.39 is 21.9 Å². The van der Waals surface area contributed by atoms with Crippen molar-refractivity contribution < 1.29 is 27.0 Å². The first kappa shape index (κ1) is 27.5. The van der Waals surface area contributed by atoms with Crippen molar-refractivity contribution in [1.82, 2.24) is 4.90 Å². The zero-order valence-electron chi connectivity index (χ0n) is 20.9. The van der Waals surface area contributed by atoms with Crippen LogP contribution in [0, 0.1) is 13.8 Å². The summed E-state index contributed by atoms with van der Waals surface area (Å²) in [6, 6.07) is 8.92. The van der Waals surface area contributed by atoms with Gasteiger partial charge in [0, 0.05) is 42.1 Å². The molecule has 198 valence electrons. The SMILES string of the molecule is Cc1c[n+](C2CCC(N3C[C@H](CS(=O)(=O)CCC(=O)O)OC[C@@H]3Cc3ccc(Cl)cc3)CC2)sc1C. The van der Waals surface area contributed by atoms with E-state index in [4.69, 9.17) is 21.4 Å². The highest BCUT2D eigenvalue weighted by Crippen LogP contribution is 2.32. The number of carbonyl (C=O) groups is 1. The first-order valence-electron chi connectivity index (χ1n) is 12.6. The van der Waals surface area contributed by atoms with Gasteiger partial charge in [-0.1, -0.05) is 23.7 Å². The molecule has 2 atom stereocenters. The predicted octanol–water partition coefficient (Wildman–Crippen LogP) is 3.99. The molecule has 2 heterocycles. The fourth-order valence-electron chi connectivity index (χ4n) is 5.37. The standard InChI is InChI=1S/C26H35ClN2O5S2/c1-18-14-29(35-19(18)2)23-9-7-22(8-10-23)28-15-25(17-36(32,33)12-11-26(30)31)34-16-24(28)13-20-3-5-21(27)6-4-20/h3-6,14,22-25H,7-13,15-17H2,1-2H3/p+1/t22?,23?,24-,25+/m0/s1. The third-order valence-corrected chi connectivity index (χ3v) is 10.6. The largest absolute Gasteiger partial charge is 0.481 e. The van der Waals surface area contributed by atoms with Crippen LogP contribution in [0.25, 0.3) is 0 Å². The Kier molecular flexibility index (Phi) is 9.09. The Morgan fingerprint density at radius 2 is 1.89 bits per heavy atom. The molecule has 1 aromatic heterocycles. The summed E-state index contributed by atoms with van der Waals surface area (Å²) in [5.74, 6) is -1.58. The summed E-state index contributed by atoms with van der Waals surface area (Å²) >= 11 is 7.91. The van der Waals surface area contributed by atoms with E-state index in [0.29, 0.717) is 30.3 Å². The van der Waals surface area contributed by atoms with E-state index in [1.807, 2.05) is 35.8 Å². The molecule has 2 aliphatic rings. The van der Waals surface area contributed by atoms with E-state index in [9.17, 15) is 13.2 Å². The lowest BCUT2D eigenvalue weighted by Gasteiger charge is -2.45. The van der Waals surface area contributed by atoms with Gasteiger partial charge in [0.15, 0.2) is 22.1 Å². The van der Waals surface area contributed by atoms with Crippen molar-refractivity contribution in [2.24, 2.45) is 0 Å². The summed E-state index contributed by atoms with van der Waals surface area (Å²) in [7, 11) is -3.51. The van der Waals surface area contributed by atoms with Crippen LogP contribution in [0.1, 0.15) is 54.1 Å². The van der Waals surface area contributed by atoms with Gasteiger partial charge < -0.3 is 9.84 Å². The molecule has 7 nitrogen and oxygen atoms in total. The summed E-state index contributed by atoms with van der Waals surface area (Å²) in [6.45, 7) is 5.33. The first-order chi connectivity index (χ1) is 17.1. The zero-order chi connectivity index (χ0) is 25.9. The van der Waals surface area contributed by atoms with E-state index in [-0.39, 0.29) is 24.0 Å². The second-order valence-electron chi connectivity index (χ2n) is 10.2. The maximum absolute atomic E-state index is 12.5. The Morgan fingerprint density at radius 1 is 1.19 bits per heavy atom. The fraction of sp³-hybridized carbons (Fsp3) is 0.615. The van der Waals surface area contributed by atoms with E-state index in [0.717, 1.165) is 32.1 Å². The lowest BCUT2D eigenvalue weighted by molar-refractivity contribution is -0.662. The number of sulfone groups is 1. The molecule has 10 heteroatoms. The number of aromatic nitrogens is 1. The average Bonchev–Trinajstić information content (AvgIpc) is 3.18. The van der Waals surface area contributed by atoms with Crippen molar-refractivity contribution >= 4 is 38.9 Å². The van der Waals surface area contributed by atoms with E-state index in [1.165, 1.54) is 16.0 Å². The molecule has 0 amide bonds. The number of aryl methyl sites for hydroxylation is 2. The Labute approximate surface area is 223 Å². The molecule has 0 unspecified atom stereocenters. The van der Waals surface area contributed by atoms with Crippen molar-refractivity contribution in [2.75, 3.05) is 24.7 Å². The van der Waals surface area contributed by atoms with Crippen LogP contribution in [0.4, 0.5) is 0 Å². The minimum absolute atomic E-state index is 0.136. The smallest absolute Gasteiger partial charge is 0.304 e. The number of aliphatic carboxylic acids is 1. The van der Waals surface area contributed by atoms with Crippen LogP contribution in [0.2, 0.25) is 5.02 Å². The molecule has 2 aromatic rings. The van der Waals surface area contributed by atoms with Gasteiger partial charge in [0.2, 0.25) is 0 Å². The van der Waals surface area contributed by atoms with Gasteiger partial charge >= 0.3 is 5.97 Å². The predicted molar refractivity (Wildman–Crippen MR) is 142 cm³/mol. The summed E-state index contributed by atoms with van der Waals surface area (Å²) in [4.78, 5) is 14.7. The molecule has 4 rings (SSSR count). The molecular weight excluding hydrogens is 520 g/mol. The number of hydrogen-bond donors (Lipinski definition) is 1. The fourth-order valence-corrected chi connectivity index (χ4v) is 8.00. The molecule has 1 aliphatic carbocycles. The van der Waals surface area contributed by atoms with Crippen LogP contribution in [0.5, 0.6) is 0 Å². The van der Waals surface area contributed by atoms with Gasteiger partial charge in [-0.15, -0.1) is 3.96 Å². The lowest BCUT2D eigenvalue weighted by atomic mass is 9.88. The zero-order valence-corrected chi connectivity index (χ0v) is 23.3. The monoisotopic (exact) mass is 555 g/mol. The third-order valence-electron chi connectivity index (χ3n) is 7.47. The Balaban J connectivity index is 1.45. The van der Waals surface area contributed by atoms with E-state index in [1.54, 1.807) is 0 Å². The topological polar surface area (TPSA) is 87.8 Å². The van der Waals surface area contributed by atoms with Crippen LogP contribution in [0.3, 0.4) is 0 Å². The summed E-state index contributed by atoms with van der Waals surface area (Å²) in [5.41, 5.74) is 2.52. The van der Waals surface area contributed by atoms with Crippen molar-refractivity contribution in [3.8, 4) is 0 Å². The average molecular weight is 556 g/mol. The second kappa shape index (κ2) is 11.9. The van der Waals surface area contributed by atoms with Crippen LogP contribution < -0.4 is 3.96 Å². The lowest BCUT2D eigenvalue weighted by Crippen LogP contribution is -2.57. The third kappa shape index (κ3) is 7.28. The van der Waals surface area contributed by atoms with Crippen molar-refractivity contribution in [3.63, 3.8) is 0 Å². The van der Waals surface area contributed by atoms with Crippen LogP contribution >= 0.6 is 23.1 Å². The number of benzene rings is 1. The van der Waals surface area contributed by atoms with Gasteiger partial charge in [0.25, 0.3) is 0 Å². The summed E-state index contributed by atoms with van der Waals surface area (Å²) in [6.07, 6.45) is 6.57. The molecule has 1 aliphatic heterocycles. The van der Waals surface area contributed by atoms with Gasteiger partial charge in [0.05, 0.1) is 35.5 Å². The molecule has 1 aromatic carbocycles. The Bertz CT molecular complexity index is 1120. The minimum atomic E-state index is -3.51. The van der Waals surface area contributed by atoms with Crippen LogP contribution in [0.15, 0.2) is 30.5 Å². The summed E-state index contributed by atoms with van der Waals surface area (Å²) < 4.78 is 33.6. The number of nitrogens with zero attached hydrogens (tertiary/aromatic N) is 2. The Hall–Kier alpha value is -1.52. The molecule has 0 radical (unpaired) electrons. The molecule has 1 saturated heterocycles. The number of halogens is 1. The molecular formula is C26H36ClN2O5S2+. The number of hydrogen-bond acceptors (Lipinski definition) is 6. The van der Waals surface area contributed by atoms with Crippen LogP contribution in [-0.4, -0.2) is 67.2 Å². The first-order valence-corrected chi connectivity index (χ1v) is 15.6. The highest BCUT2D eigenvalue weighted by atomic mass is 35.5. The van der Waals surface area contributed by atoms with Gasteiger partial charge in [-0.05, 0) is 50.8 Å². The molecule has 36 heavy (non-hydrogen) atoms. The minimum Gasteiger partial charge on any atom is -0.481 e. The highest BCUT2D eigenvalue weighted by molar-refractivity contribution is 7.91. The number of carboxylic acids is 1. The number of ether oxygens (including phenoxy) is 1. The molecule has 2 fully saturated rings. The van der Waals surface area contributed by atoms with Crippen LogP contribution in [-0.2, 0) is 25.8 Å². The van der Waals surface area contributed by atoms with Crippen molar-refractivity contribution in [2.45, 2.75) is 76.6 Å². The second-order valence-corrected chi connectivity index (χ2v) is 14.1. The normalized spacial score (nSPS) is 25.6. The summed E-state index contributed by atoms with van der Waals surface area (Å²) in [5, 5.41) is 9.60. The maximum atomic E-state index is 12.5. The van der Waals surface area contributed by atoms with E-state index in [2.05, 4.69) is 28.9 Å². The van der Waals surface area contributed by atoms with E-state index >= 15 is 0 Å². The van der Waals surface area contributed by atoms with Gasteiger partial charge in [-0.2, -0.15) is 0 Å². The maximum Gasteiger partial charge on any atom is 0.304 e. The van der Waals surface area contributed by atoms with Gasteiger partial charge in [-0.3, -0.25) is 9.69 Å². The number of rotatable bonds is 9. The number of morpholine rings is 1. The molecule has 1 N–H and O–H groups in total. The van der Waals surface area contributed by atoms with Crippen molar-refractivity contribution in [3.05, 3.63) is 51.5 Å². The van der Waals surface area contributed by atoms with Gasteiger partial charge in [-0.25, -0.2) is 8.42 Å². The molecule has 1 saturated carbocycles.